The summed E-state index contributed by atoms with van der Waals surface area (Å²) in [6.45, 7) is 2.29. The van der Waals surface area contributed by atoms with Crippen molar-refractivity contribution in [1.29, 1.82) is 0 Å². The van der Waals surface area contributed by atoms with E-state index in [1.165, 1.54) is 77.0 Å². The van der Waals surface area contributed by atoms with E-state index in [9.17, 15) is 4.39 Å². The summed E-state index contributed by atoms with van der Waals surface area (Å²) in [5.74, 6) is 3.06. The van der Waals surface area contributed by atoms with Crippen molar-refractivity contribution in [2.45, 2.75) is 103 Å². The molecule has 2 saturated carbocycles. The van der Waals surface area contributed by atoms with Gasteiger partial charge in [0.15, 0.2) is 11.6 Å². The molecule has 0 spiro atoms. The van der Waals surface area contributed by atoms with E-state index in [-0.39, 0.29) is 5.69 Å². The van der Waals surface area contributed by atoms with E-state index in [1.807, 2.05) is 6.07 Å². The van der Waals surface area contributed by atoms with Crippen LogP contribution < -0.4 is 4.74 Å². The van der Waals surface area contributed by atoms with Gasteiger partial charge in [-0.2, -0.15) is 4.99 Å². The molecule has 3 rings (SSSR count). The Labute approximate surface area is 194 Å². The summed E-state index contributed by atoms with van der Waals surface area (Å²) in [5, 5.41) is 2.25. The number of methoxy groups -OCH3 is 1. The largest absolute Gasteiger partial charge is 0.493 e. The van der Waals surface area contributed by atoms with Crippen LogP contribution in [-0.2, 0) is 0 Å². The quantitative estimate of drug-likeness (QED) is 0.203. The van der Waals surface area contributed by atoms with Crippen LogP contribution in [0.1, 0.15) is 108 Å². The van der Waals surface area contributed by atoms with Gasteiger partial charge in [-0.25, -0.2) is 4.39 Å². The van der Waals surface area contributed by atoms with Crippen LogP contribution in [0.4, 0.5) is 10.1 Å². The standard InChI is InChI=1S/C27H40FNOS/c1-3-4-5-6-7-8-20-9-11-21(12-10-20)22-13-15-23(16-14-22)24-17-18-25(29-19-31)26(28)27(24)30-2/h17-18,20-23H,3-16H2,1-2H3. The smallest absolute Gasteiger partial charge is 0.191 e. The topological polar surface area (TPSA) is 21.6 Å². The van der Waals surface area contributed by atoms with E-state index in [0.29, 0.717) is 11.7 Å². The second kappa shape index (κ2) is 12.7. The summed E-state index contributed by atoms with van der Waals surface area (Å²) >= 11 is 4.63. The third-order valence-corrected chi connectivity index (χ3v) is 8.05. The molecule has 0 heterocycles. The van der Waals surface area contributed by atoms with Crippen molar-refractivity contribution in [1.82, 2.24) is 0 Å². The third kappa shape index (κ3) is 6.62. The molecule has 1 aromatic carbocycles. The fraction of sp³-hybridized carbons (Fsp3) is 0.741. The summed E-state index contributed by atoms with van der Waals surface area (Å²) in [7, 11) is 1.54. The number of benzene rings is 1. The summed E-state index contributed by atoms with van der Waals surface area (Å²) < 4.78 is 20.2. The first kappa shape index (κ1) is 24.4. The molecule has 2 aliphatic rings. The highest BCUT2D eigenvalue weighted by molar-refractivity contribution is 7.78. The second-order valence-corrected chi connectivity index (χ2v) is 10.0. The zero-order valence-electron chi connectivity index (χ0n) is 19.5. The average molecular weight is 446 g/mol. The molecule has 1 aromatic rings. The molecule has 2 aliphatic carbocycles. The lowest BCUT2D eigenvalue weighted by molar-refractivity contribution is 0.155. The Morgan fingerprint density at radius 1 is 0.968 bits per heavy atom. The predicted octanol–water partition coefficient (Wildman–Crippen LogP) is 9.01. The first-order valence-electron chi connectivity index (χ1n) is 12.6. The molecule has 2 nitrogen and oxygen atoms in total. The van der Waals surface area contributed by atoms with Gasteiger partial charge < -0.3 is 4.74 Å². The Morgan fingerprint density at radius 3 is 2.23 bits per heavy atom. The molecule has 0 atom stereocenters. The molecule has 0 amide bonds. The molecule has 0 aromatic heterocycles. The lowest BCUT2D eigenvalue weighted by atomic mass is 9.68. The van der Waals surface area contributed by atoms with Gasteiger partial charge in [0, 0.05) is 5.56 Å². The molecular weight excluding hydrogens is 405 g/mol. The van der Waals surface area contributed by atoms with Crippen molar-refractivity contribution in [2.75, 3.05) is 7.11 Å². The van der Waals surface area contributed by atoms with Gasteiger partial charge in [-0.1, -0.05) is 64.4 Å². The van der Waals surface area contributed by atoms with Crippen molar-refractivity contribution in [3.05, 3.63) is 23.5 Å². The number of ether oxygens (including phenoxy) is 1. The van der Waals surface area contributed by atoms with Gasteiger partial charge in [-0.15, -0.1) is 0 Å². The maximum absolute atomic E-state index is 14.7. The summed E-state index contributed by atoms with van der Waals surface area (Å²) in [4.78, 5) is 3.82. The fourth-order valence-electron chi connectivity index (χ4n) is 6.11. The van der Waals surface area contributed by atoms with Crippen LogP contribution in [0.15, 0.2) is 17.1 Å². The molecule has 2 fully saturated rings. The number of unbranched alkanes of at least 4 members (excludes halogenated alkanes) is 4. The highest BCUT2D eigenvalue weighted by Crippen LogP contribution is 2.47. The molecule has 172 valence electrons. The maximum Gasteiger partial charge on any atom is 0.191 e. The lowest BCUT2D eigenvalue weighted by Gasteiger charge is -2.38. The van der Waals surface area contributed by atoms with E-state index in [2.05, 4.69) is 29.3 Å². The lowest BCUT2D eigenvalue weighted by Crippen LogP contribution is -2.25. The molecule has 0 saturated heterocycles. The summed E-state index contributed by atoms with van der Waals surface area (Å²) in [5.41, 5.74) is 1.21. The van der Waals surface area contributed by atoms with Crippen LogP contribution in [0.3, 0.4) is 0 Å². The minimum atomic E-state index is -0.410. The molecular formula is C27H40FNOS. The van der Waals surface area contributed by atoms with Crippen LogP contribution in [-0.4, -0.2) is 12.3 Å². The van der Waals surface area contributed by atoms with E-state index in [0.717, 1.165) is 36.2 Å². The number of hydrogen-bond acceptors (Lipinski definition) is 3. The average Bonchev–Trinajstić information content (AvgIpc) is 2.81. The van der Waals surface area contributed by atoms with Crippen molar-refractivity contribution < 1.29 is 9.13 Å². The van der Waals surface area contributed by atoms with E-state index >= 15 is 0 Å². The minimum Gasteiger partial charge on any atom is -0.493 e. The van der Waals surface area contributed by atoms with Gasteiger partial charge in [-0.3, -0.25) is 0 Å². The Balaban J connectivity index is 1.46. The van der Waals surface area contributed by atoms with Gasteiger partial charge in [0.25, 0.3) is 0 Å². The van der Waals surface area contributed by atoms with Gasteiger partial charge in [0.05, 0.1) is 12.3 Å². The SMILES string of the molecule is CCCCCCCC1CCC(C2CCC(c3ccc(N=C=S)c(F)c3OC)CC2)CC1. The van der Waals surface area contributed by atoms with Gasteiger partial charge in [-0.05, 0) is 80.5 Å². The van der Waals surface area contributed by atoms with E-state index in [1.54, 1.807) is 13.2 Å². The number of aliphatic imine (C=N–C) groups is 1. The highest BCUT2D eigenvalue weighted by Gasteiger charge is 2.32. The number of thiocarbonyl (C=S) groups is 1. The molecule has 0 N–H and O–H groups in total. The second-order valence-electron chi connectivity index (χ2n) is 9.82. The minimum absolute atomic E-state index is 0.214. The normalized spacial score (nSPS) is 26.3. The van der Waals surface area contributed by atoms with Gasteiger partial charge >= 0.3 is 0 Å². The van der Waals surface area contributed by atoms with E-state index < -0.39 is 5.82 Å². The van der Waals surface area contributed by atoms with Gasteiger partial charge in [0.1, 0.15) is 5.69 Å². The zero-order valence-corrected chi connectivity index (χ0v) is 20.3. The molecule has 31 heavy (non-hydrogen) atoms. The number of nitrogens with zero attached hydrogens (tertiary/aromatic N) is 1. The Kier molecular flexibility index (Phi) is 9.99. The Morgan fingerprint density at radius 2 is 1.61 bits per heavy atom. The van der Waals surface area contributed by atoms with Crippen molar-refractivity contribution in [3.63, 3.8) is 0 Å². The Hall–Kier alpha value is -1.25. The van der Waals surface area contributed by atoms with Crippen LogP contribution in [0.5, 0.6) is 5.75 Å². The maximum atomic E-state index is 14.7. The van der Waals surface area contributed by atoms with E-state index in [4.69, 9.17) is 4.74 Å². The summed E-state index contributed by atoms with van der Waals surface area (Å²) in [6, 6.07) is 3.69. The number of rotatable bonds is 10. The van der Waals surface area contributed by atoms with Crippen LogP contribution in [0.25, 0.3) is 0 Å². The zero-order chi connectivity index (χ0) is 22.1. The van der Waals surface area contributed by atoms with Crippen LogP contribution in [0, 0.1) is 23.6 Å². The first-order chi connectivity index (χ1) is 15.2. The third-order valence-electron chi connectivity index (χ3n) is 7.96. The first-order valence-corrected chi connectivity index (χ1v) is 13.0. The van der Waals surface area contributed by atoms with Gasteiger partial charge in [0.2, 0.25) is 0 Å². The predicted molar refractivity (Wildman–Crippen MR) is 131 cm³/mol. The number of hydrogen-bond donors (Lipinski definition) is 0. The van der Waals surface area contributed by atoms with Crippen LogP contribution in [0.2, 0.25) is 0 Å². The van der Waals surface area contributed by atoms with Crippen molar-refractivity contribution >= 4 is 23.1 Å². The Bertz CT molecular complexity index is 729. The number of halogens is 1. The molecule has 0 bridgehead atoms. The highest BCUT2D eigenvalue weighted by atomic mass is 32.1. The molecule has 0 radical (unpaired) electrons. The number of isothiocyanates is 1. The van der Waals surface area contributed by atoms with Crippen molar-refractivity contribution in [3.8, 4) is 5.75 Å². The summed E-state index contributed by atoms with van der Waals surface area (Å²) in [6.07, 6.45) is 19.0. The molecule has 0 unspecified atom stereocenters. The molecule has 4 heteroatoms. The monoisotopic (exact) mass is 445 g/mol. The molecule has 0 aliphatic heterocycles. The van der Waals surface area contributed by atoms with Crippen LogP contribution >= 0.6 is 12.2 Å². The fourth-order valence-corrected chi connectivity index (χ4v) is 6.21. The van der Waals surface area contributed by atoms with Crippen molar-refractivity contribution in [2.24, 2.45) is 22.7 Å².